The van der Waals surface area contributed by atoms with Crippen molar-refractivity contribution in [2.24, 2.45) is 0 Å². The number of rotatable bonds is 10. The van der Waals surface area contributed by atoms with Crippen LogP contribution < -0.4 is 10.2 Å². The number of benzene rings is 1. The molecule has 1 unspecified atom stereocenters. The molecule has 3 heterocycles. The summed E-state index contributed by atoms with van der Waals surface area (Å²) in [5.41, 5.74) is 2.15. The van der Waals surface area contributed by atoms with Gasteiger partial charge in [-0.25, -0.2) is 9.97 Å². The van der Waals surface area contributed by atoms with Crippen LogP contribution in [0, 0.1) is 0 Å². The second-order valence-electron chi connectivity index (χ2n) is 7.48. The van der Waals surface area contributed by atoms with Crippen LogP contribution in [-0.2, 0) is 27.4 Å². The Morgan fingerprint density at radius 3 is 3.00 bits per heavy atom. The van der Waals surface area contributed by atoms with Gasteiger partial charge in [-0.3, -0.25) is 4.79 Å². The molecule has 8 heteroatoms. The molecule has 1 amide bonds. The van der Waals surface area contributed by atoms with Gasteiger partial charge in [-0.2, -0.15) is 0 Å². The van der Waals surface area contributed by atoms with Crippen molar-refractivity contribution in [3.8, 4) is 0 Å². The molecule has 1 fully saturated rings. The molecule has 1 aromatic carbocycles. The van der Waals surface area contributed by atoms with E-state index in [1.165, 1.54) is 0 Å². The van der Waals surface area contributed by atoms with Crippen LogP contribution in [0.25, 0.3) is 10.2 Å². The molecule has 1 aliphatic rings. The number of anilines is 1. The number of nitrogens with one attached hydrogen (secondary N) is 1. The van der Waals surface area contributed by atoms with Gasteiger partial charge in [-0.05, 0) is 42.3 Å². The highest BCUT2D eigenvalue weighted by Gasteiger charge is 2.32. The van der Waals surface area contributed by atoms with Gasteiger partial charge in [0.1, 0.15) is 23.0 Å². The maximum atomic E-state index is 13.0. The molecular formula is C23H28N4O3S. The van der Waals surface area contributed by atoms with Crippen LogP contribution in [0.3, 0.4) is 0 Å². The average Bonchev–Trinajstić information content (AvgIpc) is 3.47. The molecule has 0 aliphatic carbocycles. The van der Waals surface area contributed by atoms with E-state index in [2.05, 4.69) is 26.3 Å². The largest absolute Gasteiger partial charge is 0.379 e. The van der Waals surface area contributed by atoms with Crippen molar-refractivity contribution in [1.29, 1.82) is 0 Å². The summed E-state index contributed by atoms with van der Waals surface area (Å²) in [5, 5.41) is 6.14. The first kappa shape index (κ1) is 21.7. The summed E-state index contributed by atoms with van der Waals surface area (Å²) < 4.78 is 10.9. The first-order chi connectivity index (χ1) is 15.3. The molecule has 1 N–H and O–H groups in total. The van der Waals surface area contributed by atoms with Crippen LogP contribution in [0.1, 0.15) is 30.9 Å². The molecule has 0 saturated carbocycles. The van der Waals surface area contributed by atoms with Crippen molar-refractivity contribution < 1.29 is 14.3 Å². The lowest BCUT2D eigenvalue weighted by Crippen LogP contribution is -2.43. The van der Waals surface area contributed by atoms with Crippen LogP contribution >= 0.6 is 11.3 Å². The lowest BCUT2D eigenvalue weighted by Gasteiger charge is -2.25. The number of nitrogens with zero attached hydrogens (tertiary/aromatic N) is 3. The second-order valence-corrected chi connectivity index (χ2v) is 8.37. The number of carbonyl (C=O) groups is 1. The number of thiophene rings is 1. The zero-order chi connectivity index (χ0) is 21.5. The number of hydrogen-bond donors (Lipinski definition) is 1. The van der Waals surface area contributed by atoms with Crippen molar-refractivity contribution in [1.82, 2.24) is 15.3 Å². The number of ether oxygens (including phenoxy) is 2. The van der Waals surface area contributed by atoms with E-state index < -0.39 is 0 Å². The smallest absolute Gasteiger partial charge is 0.243 e. The number of aromatic nitrogens is 2. The molecule has 1 aliphatic heterocycles. The Labute approximate surface area is 186 Å². The van der Waals surface area contributed by atoms with E-state index >= 15 is 0 Å². The van der Waals surface area contributed by atoms with Crippen LogP contribution in [-0.4, -0.2) is 48.3 Å². The predicted molar refractivity (Wildman–Crippen MR) is 122 cm³/mol. The minimum Gasteiger partial charge on any atom is -0.379 e. The molecule has 7 nitrogen and oxygen atoms in total. The summed E-state index contributed by atoms with van der Waals surface area (Å²) >= 11 is 1.59. The minimum absolute atomic E-state index is 0.0397. The van der Waals surface area contributed by atoms with Crippen LogP contribution in [0.5, 0.6) is 0 Å². The van der Waals surface area contributed by atoms with Gasteiger partial charge in [-0.1, -0.05) is 24.3 Å². The third-order valence-electron chi connectivity index (χ3n) is 5.37. The number of carbonyl (C=O) groups excluding carboxylic acids is 1. The summed E-state index contributed by atoms with van der Waals surface area (Å²) in [6, 6.07) is 9.96. The molecule has 4 rings (SSSR count). The van der Waals surface area contributed by atoms with Crippen LogP contribution in [0.2, 0.25) is 0 Å². The highest BCUT2D eigenvalue weighted by atomic mass is 32.1. The summed E-state index contributed by atoms with van der Waals surface area (Å²) in [6.07, 6.45) is 3.39. The normalized spacial score (nSPS) is 16.2. The van der Waals surface area contributed by atoms with Crippen molar-refractivity contribution in [3.63, 3.8) is 0 Å². The second kappa shape index (κ2) is 10.7. The average molecular weight is 441 g/mol. The van der Waals surface area contributed by atoms with Crippen molar-refractivity contribution in [3.05, 3.63) is 53.2 Å². The lowest BCUT2D eigenvalue weighted by molar-refractivity contribution is -0.122. The van der Waals surface area contributed by atoms with Crippen LogP contribution in [0.15, 0.2) is 42.0 Å². The van der Waals surface area contributed by atoms with Gasteiger partial charge in [0.15, 0.2) is 0 Å². The Morgan fingerprint density at radius 2 is 2.10 bits per heavy atom. The number of fused-ring (bicyclic) bond motifs is 1. The summed E-state index contributed by atoms with van der Waals surface area (Å²) in [6.45, 7) is 5.71. The zero-order valence-corrected chi connectivity index (χ0v) is 18.6. The predicted octanol–water partition coefficient (Wildman–Crippen LogP) is 3.53. The van der Waals surface area contributed by atoms with E-state index in [0.29, 0.717) is 33.0 Å². The van der Waals surface area contributed by atoms with E-state index in [0.717, 1.165) is 46.5 Å². The quantitative estimate of drug-likeness (QED) is 0.486. The highest BCUT2D eigenvalue weighted by Crippen LogP contribution is 2.31. The Hall–Kier alpha value is -2.55. The van der Waals surface area contributed by atoms with Crippen molar-refractivity contribution >= 4 is 33.3 Å². The Kier molecular flexibility index (Phi) is 7.45. The van der Waals surface area contributed by atoms with Gasteiger partial charge in [0.25, 0.3) is 0 Å². The Bertz CT molecular complexity index is 1010. The van der Waals surface area contributed by atoms with E-state index in [1.54, 1.807) is 17.7 Å². The Balaban J connectivity index is 1.34. The summed E-state index contributed by atoms with van der Waals surface area (Å²) in [4.78, 5) is 24.9. The van der Waals surface area contributed by atoms with E-state index in [-0.39, 0.29) is 11.9 Å². The highest BCUT2D eigenvalue weighted by molar-refractivity contribution is 7.16. The standard InChI is InChI=1S/C23H28N4O3S/c1-2-29-10-11-30-15-18-6-3-5-17(13-18)14-24-22(28)20-7-4-9-27(20)21-19-8-12-31-23(19)26-16-25-21/h3,5-6,8,12-13,16,20H,2,4,7,9-11,14-15H2,1H3,(H,24,28). The molecule has 0 bridgehead atoms. The summed E-state index contributed by atoms with van der Waals surface area (Å²) in [7, 11) is 0. The maximum Gasteiger partial charge on any atom is 0.243 e. The molecule has 31 heavy (non-hydrogen) atoms. The van der Waals surface area contributed by atoms with E-state index in [1.807, 2.05) is 36.6 Å². The van der Waals surface area contributed by atoms with Crippen molar-refractivity contribution in [2.45, 2.75) is 39.0 Å². The Morgan fingerprint density at radius 1 is 1.23 bits per heavy atom. The lowest BCUT2D eigenvalue weighted by atomic mass is 10.1. The van der Waals surface area contributed by atoms with Gasteiger partial charge in [0.2, 0.25) is 5.91 Å². The zero-order valence-electron chi connectivity index (χ0n) is 17.8. The summed E-state index contributed by atoms with van der Waals surface area (Å²) in [5.74, 6) is 0.896. The molecule has 1 atom stereocenters. The molecule has 3 aromatic rings. The number of hydrogen-bond acceptors (Lipinski definition) is 7. The third-order valence-corrected chi connectivity index (χ3v) is 6.19. The SMILES string of the molecule is CCOCCOCc1cccc(CNC(=O)C2CCCN2c2ncnc3sccc23)c1. The third kappa shape index (κ3) is 5.39. The van der Waals surface area contributed by atoms with Crippen LogP contribution in [0.4, 0.5) is 5.82 Å². The molecule has 0 spiro atoms. The van der Waals surface area contributed by atoms with E-state index in [4.69, 9.17) is 9.47 Å². The van der Waals surface area contributed by atoms with Gasteiger partial charge in [0, 0.05) is 19.7 Å². The van der Waals surface area contributed by atoms with Crippen molar-refractivity contribution in [2.75, 3.05) is 31.3 Å². The molecule has 0 radical (unpaired) electrons. The monoisotopic (exact) mass is 440 g/mol. The topological polar surface area (TPSA) is 76.6 Å². The molecule has 164 valence electrons. The fraction of sp³-hybridized carbons (Fsp3) is 0.435. The fourth-order valence-electron chi connectivity index (χ4n) is 3.89. The van der Waals surface area contributed by atoms with Gasteiger partial charge < -0.3 is 19.7 Å². The molecule has 2 aromatic heterocycles. The fourth-order valence-corrected chi connectivity index (χ4v) is 4.61. The number of amides is 1. The molecular weight excluding hydrogens is 412 g/mol. The van der Waals surface area contributed by atoms with Gasteiger partial charge in [0.05, 0.1) is 25.2 Å². The molecule has 1 saturated heterocycles. The first-order valence-corrected chi connectivity index (χ1v) is 11.6. The van der Waals surface area contributed by atoms with E-state index in [9.17, 15) is 4.79 Å². The minimum atomic E-state index is -0.205. The van der Waals surface area contributed by atoms with Gasteiger partial charge >= 0.3 is 0 Å². The maximum absolute atomic E-state index is 13.0. The first-order valence-electron chi connectivity index (χ1n) is 10.7. The van der Waals surface area contributed by atoms with Gasteiger partial charge in [-0.15, -0.1) is 11.3 Å².